The van der Waals surface area contributed by atoms with Crippen LogP contribution in [0.5, 0.6) is 0 Å². The Bertz CT molecular complexity index is 1200. The average Bonchev–Trinajstić information content (AvgIpc) is 3.45. The fraction of sp³-hybridized carbons (Fsp3) is 0.240. The van der Waals surface area contributed by atoms with Crippen LogP contribution < -0.4 is 10.6 Å². The summed E-state index contributed by atoms with van der Waals surface area (Å²) < 4.78 is 4.01. The van der Waals surface area contributed by atoms with Crippen molar-refractivity contribution in [2.75, 3.05) is 6.54 Å². The van der Waals surface area contributed by atoms with Gasteiger partial charge in [0.1, 0.15) is 0 Å². The number of nitrogens with one attached hydrogen (secondary N) is 2. The van der Waals surface area contributed by atoms with Crippen LogP contribution in [0.2, 0.25) is 0 Å². The summed E-state index contributed by atoms with van der Waals surface area (Å²) in [6, 6.07) is 18.7. The number of guanidine groups is 1. The topological polar surface area (TPSA) is 72.1 Å². The molecule has 0 aliphatic rings. The number of nitrogens with zero attached hydrogens (tertiary/aromatic N) is 5. The van der Waals surface area contributed by atoms with Crippen LogP contribution >= 0.6 is 24.0 Å². The Morgan fingerprint density at radius 3 is 2.36 bits per heavy atom. The first kappa shape index (κ1) is 24.5. The third kappa shape index (κ3) is 6.01. The number of halogens is 1. The van der Waals surface area contributed by atoms with Crippen LogP contribution in [0.1, 0.15) is 29.4 Å². The molecule has 2 aromatic carbocycles. The van der Waals surface area contributed by atoms with Crippen molar-refractivity contribution in [3.63, 3.8) is 0 Å². The van der Waals surface area contributed by atoms with Gasteiger partial charge in [-0.05, 0) is 50.1 Å². The van der Waals surface area contributed by atoms with Gasteiger partial charge >= 0.3 is 0 Å². The van der Waals surface area contributed by atoms with Crippen LogP contribution in [0.25, 0.3) is 11.4 Å². The zero-order valence-corrected chi connectivity index (χ0v) is 21.5. The van der Waals surface area contributed by atoms with E-state index in [1.165, 1.54) is 0 Å². The van der Waals surface area contributed by atoms with E-state index in [0.717, 1.165) is 46.4 Å². The molecule has 2 aromatic heterocycles. The number of imidazole rings is 1. The molecule has 2 N–H and O–H groups in total. The predicted molar refractivity (Wildman–Crippen MR) is 144 cm³/mol. The van der Waals surface area contributed by atoms with Crippen molar-refractivity contribution in [1.82, 2.24) is 30.0 Å². The lowest BCUT2D eigenvalue weighted by atomic mass is 10.1. The maximum atomic E-state index is 4.83. The number of aromatic nitrogens is 4. The van der Waals surface area contributed by atoms with Crippen LogP contribution in [0, 0.1) is 13.8 Å². The zero-order valence-electron chi connectivity index (χ0n) is 19.2. The Morgan fingerprint density at radius 2 is 1.70 bits per heavy atom. The number of aryl methyl sites for hydroxylation is 2. The van der Waals surface area contributed by atoms with Crippen LogP contribution in [-0.4, -0.2) is 31.8 Å². The third-order valence-corrected chi connectivity index (χ3v) is 5.20. The van der Waals surface area contributed by atoms with Crippen LogP contribution in [0.15, 0.2) is 78.3 Å². The van der Waals surface area contributed by atoms with E-state index in [-0.39, 0.29) is 24.0 Å². The van der Waals surface area contributed by atoms with Gasteiger partial charge in [0, 0.05) is 31.2 Å². The molecule has 0 amide bonds. The van der Waals surface area contributed by atoms with E-state index in [1.807, 2.05) is 46.9 Å². The first-order valence-corrected chi connectivity index (χ1v) is 10.9. The molecule has 0 fully saturated rings. The highest BCUT2D eigenvalue weighted by atomic mass is 127. The molecule has 0 unspecified atom stereocenters. The standard InChI is InChI=1S/C25H29N7.HI/c1-4-27-25(28-16-21-9-5-7-11-23(21)31-14-13-26-18-31)29-17-22-10-6-8-12-24(22)32-20(3)15-19(2)30-32;/h5-15,18H,4,16-17H2,1-3H3,(H2,27,28,29);1H. The maximum Gasteiger partial charge on any atom is 0.191 e. The number of hydrogen-bond acceptors (Lipinski definition) is 3. The average molecular weight is 555 g/mol. The minimum Gasteiger partial charge on any atom is -0.357 e. The quantitative estimate of drug-likeness (QED) is 0.200. The van der Waals surface area contributed by atoms with Crippen LogP contribution in [-0.2, 0) is 13.1 Å². The molecule has 0 bridgehead atoms. The number of aliphatic imine (C=N–C) groups is 1. The number of para-hydroxylation sites is 2. The van der Waals surface area contributed by atoms with Crippen molar-refractivity contribution in [3.05, 3.63) is 95.8 Å². The highest BCUT2D eigenvalue weighted by Crippen LogP contribution is 2.17. The van der Waals surface area contributed by atoms with E-state index in [9.17, 15) is 0 Å². The van der Waals surface area contributed by atoms with Crippen molar-refractivity contribution in [2.45, 2.75) is 33.9 Å². The molecule has 4 aromatic rings. The van der Waals surface area contributed by atoms with E-state index in [1.54, 1.807) is 6.20 Å². The first-order chi connectivity index (χ1) is 15.7. The Hall–Kier alpha value is -3.14. The summed E-state index contributed by atoms with van der Waals surface area (Å²) in [6.07, 6.45) is 5.54. The van der Waals surface area contributed by atoms with Crippen molar-refractivity contribution >= 4 is 29.9 Å². The van der Waals surface area contributed by atoms with Crippen LogP contribution in [0.4, 0.5) is 0 Å². The number of rotatable bonds is 7. The molecule has 172 valence electrons. The normalized spacial score (nSPS) is 11.2. The third-order valence-electron chi connectivity index (χ3n) is 5.20. The van der Waals surface area contributed by atoms with E-state index in [0.29, 0.717) is 13.1 Å². The van der Waals surface area contributed by atoms with Gasteiger partial charge in [0.2, 0.25) is 0 Å². The molecular formula is C25H30IN7. The Balaban J connectivity index is 0.00000306. The van der Waals surface area contributed by atoms with E-state index < -0.39 is 0 Å². The fourth-order valence-corrected chi connectivity index (χ4v) is 3.72. The molecule has 0 saturated heterocycles. The Labute approximate surface area is 212 Å². The SMILES string of the molecule is CCNC(=NCc1ccccc1-n1ccnc1)NCc1ccccc1-n1nc(C)cc1C.I. The lowest BCUT2D eigenvalue weighted by Gasteiger charge is -2.15. The summed E-state index contributed by atoms with van der Waals surface area (Å²) in [6.45, 7) is 8.15. The summed E-state index contributed by atoms with van der Waals surface area (Å²) in [7, 11) is 0. The van der Waals surface area contributed by atoms with Crippen molar-refractivity contribution in [1.29, 1.82) is 0 Å². The molecule has 0 aliphatic carbocycles. The molecule has 0 spiro atoms. The number of benzene rings is 2. The number of hydrogen-bond donors (Lipinski definition) is 2. The predicted octanol–water partition coefficient (Wildman–Crippen LogP) is 4.55. The molecule has 0 atom stereocenters. The zero-order chi connectivity index (χ0) is 22.3. The van der Waals surface area contributed by atoms with Crippen molar-refractivity contribution in [3.8, 4) is 11.4 Å². The molecule has 4 rings (SSSR count). The summed E-state index contributed by atoms with van der Waals surface area (Å²) in [5.74, 6) is 0.774. The maximum absolute atomic E-state index is 4.83. The highest BCUT2D eigenvalue weighted by molar-refractivity contribution is 14.0. The second kappa shape index (κ2) is 11.6. The Morgan fingerprint density at radius 1 is 0.970 bits per heavy atom. The smallest absolute Gasteiger partial charge is 0.191 e. The molecule has 0 aliphatic heterocycles. The minimum atomic E-state index is 0. The van der Waals surface area contributed by atoms with Gasteiger partial charge in [-0.15, -0.1) is 24.0 Å². The largest absolute Gasteiger partial charge is 0.357 e. The molecule has 7 nitrogen and oxygen atoms in total. The van der Waals surface area contributed by atoms with Gasteiger partial charge in [0.25, 0.3) is 0 Å². The lowest BCUT2D eigenvalue weighted by Crippen LogP contribution is -2.37. The fourth-order valence-electron chi connectivity index (χ4n) is 3.72. The second-order valence-electron chi connectivity index (χ2n) is 7.62. The van der Waals surface area contributed by atoms with Gasteiger partial charge in [0.05, 0.1) is 29.9 Å². The molecule has 2 heterocycles. The van der Waals surface area contributed by atoms with Crippen LogP contribution in [0.3, 0.4) is 0 Å². The highest BCUT2D eigenvalue weighted by Gasteiger charge is 2.10. The van der Waals surface area contributed by atoms with E-state index in [2.05, 4.69) is 71.0 Å². The molecule has 8 heteroatoms. The molecular weight excluding hydrogens is 525 g/mol. The van der Waals surface area contributed by atoms with Crippen molar-refractivity contribution in [2.24, 2.45) is 4.99 Å². The van der Waals surface area contributed by atoms with Gasteiger partial charge in [-0.2, -0.15) is 5.10 Å². The summed E-state index contributed by atoms with van der Waals surface area (Å²) >= 11 is 0. The van der Waals surface area contributed by atoms with Gasteiger partial charge in [-0.25, -0.2) is 14.7 Å². The summed E-state index contributed by atoms with van der Waals surface area (Å²) in [5, 5.41) is 11.5. The van der Waals surface area contributed by atoms with E-state index >= 15 is 0 Å². The molecule has 0 radical (unpaired) electrons. The first-order valence-electron chi connectivity index (χ1n) is 10.9. The Kier molecular flexibility index (Phi) is 8.65. The lowest BCUT2D eigenvalue weighted by molar-refractivity contribution is 0.783. The van der Waals surface area contributed by atoms with E-state index in [4.69, 9.17) is 4.99 Å². The molecule has 0 saturated carbocycles. The van der Waals surface area contributed by atoms with Gasteiger partial charge in [0.15, 0.2) is 5.96 Å². The molecule has 33 heavy (non-hydrogen) atoms. The van der Waals surface area contributed by atoms with Crippen molar-refractivity contribution < 1.29 is 0 Å². The minimum absolute atomic E-state index is 0. The summed E-state index contributed by atoms with van der Waals surface area (Å²) in [5.41, 5.74) is 6.57. The monoisotopic (exact) mass is 555 g/mol. The van der Waals surface area contributed by atoms with Gasteiger partial charge in [-0.1, -0.05) is 36.4 Å². The van der Waals surface area contributed by atoms with Gasteiger partial charge in [-0.3, -0.25) is 0 Å². The van der Waals surface area contributed by atoms with Gasteiger partial charge < -0.3 is 15.2 Å². The summed E-state index contributed by atoms with van der Waals surface area (Å²) in [4.78, 5) is 9.00. The second-order valence-corrected chi connectivity index (χ2v) is 7.62.